The fraction of sp³-hybridized carbons (Fsp3) is 0. The summed E-state index contributed by atoms with van der Waals surface area (Å²) >= 11 is 5.72. The van der Waals surface area contributed by atoms with Crippen molar-refractivity contribution in [2.75, 3.05) is 5.32 Å². The van der Waals surface area contributed by atoms with Crippen LogP contribution in [-0.4, -0.2) is 15.9 Å². The molecule has 0 atom stereocenters. The van der Waals surface area contributed by atoms with Gasteiger partial charge in [-0.1, -0.05) is 11.6 Å². The monoisotopic (exact) mass is 249 g/mol. The van der Waals surface area contributed by atoms with Crippen LogP contribution in [0.3, 0.4) is 0 Å². The summed E-state index contributed by atoms with van der Waals surface area (Å²) in [5, 5.41) is 3.18. The topological polar surface area (TPSA) is 74.8 Å². The summed E-state index contributed by atoms with van der Waals surface area (Å²) in [5.41, 5.74) is 0.270. The second kappa shape index (κ2) is 4.80. The van der Waals surface area contributed by atoms with Crippen molar-refractivity contribution >= 4 is 23.2 Å². The van der Waals surface area contributed by atoms with Crippen LogP contribution in [0.2, 0.25) is 5.02 Å². The molecular weight excluding hydrogens is 242 g/mol. The van der Waals surface area contributed by atoms with Gasteiger partial charge >= 0.3 is 0 Å². The molecule has 0 saturated heterocycles. The highest BCUT2D eigenvalue weighted by Crippen LogP contribution is 2.13. The van der Waals surface area contributed by atoms with E-state index in [-0.39, 0.29) is 11.3 Å². The molecule has 2 rings (SSSR count). The van der Waals surface area contributed by atoms with E-state index in [2.05, 4.69) is 15.3 Å². The van der Waals surface area contributed by atoms with E-state index in [1.807, 2.05) is 0 Å². The van der Waals surface area contributed by atoms with Crippen molar-refractivity contribution in [1.29, 1.82) is 0 Å². The summed E-state index contributed by atoms with van der Waals surface area (Å²) in [6.07, 6.45) is 1.18. The first-order valence-electron chi connectivity index (χ1n) is 4.77. The Morgan fingerprint density at radius 3 is 2.65 bits per heavy atom. The third-order valence-corrected chi connectivity index (χ3v) is 2.26. The minimum atomic E-state index is -0.446. The molecule has 1 aromatic heterocycles. The Hall–Kier alpha value is -2.14. The fourth-order valence-electron chi connectivity index (χ4n) is 1.22. The SMILES string of the molecule is O=C(Nc1ccc(Cl)cc1)c1cc(=O)[nH]cn1. The number of carbonyl (C=O) groups is 1. The summed E-state index contributed by atoms with van der Waals surface area (Å²) in [6.45, 7) is 0. The number of H-pyrrole nitrogens is 1. The average Bonchev–Trinajstić information content (AvgIpc) is 2.32. The Kier molecular flexibility index (Phi) is 3.20. The highest BCUT2D eigenvalue weighted by atomic mass is 35.5. The summed E-state index contributed by atoms with van der Waals surface area (Å²) in [6, 6.07) is 7.76. The predicted molar refractivity (Wildman–Crippen MR) is 64.3 cm³/mol. The zero-order valence-corrected chi connectivity index (χ0v) is 9.36. The lowest BCUT2D eigenvalue weighted by Gasteiger charge is -2.03. The lowest BCUT2D eigenvalue weighted by molar-refractivity contribution is 0.102. The van der Waals surface area contributed by atoms with Crippen LogP contribution in [0.5, 0.6) is 0 Å². The van der Waals surface area contributed by atoms with E-state index in [9.17, 15) is 9.59 Å². The van der Waals surface area contributed by atoms with Crippen LogP contribution in [0.25, 0.3) is 0 Å². The summed E-state index contributed by atoms with van der Waals surface area (Å²) in [4.78, 5) is 28.8. The van der Waals surface area contributed by atoms with Crippen molar-refractivity contribution in [2.24, 2.45) is 0 Å². The minimum absolute atomic E-state index is 0.0590. The number of nitrogens with one attached hydrogen (secondary N) is 2. The van der Waals surface area contributed by atoms with Gasteiger partial charge in [0.15, 0.2) is 0 Å². The van der Waals surface area contributed by atoms with Crippen molar-refractivity contribution in [3.8, 4) is 0 Å². The van der Waals surface area contributed by atoms with Crippen molar-refractivity contribution in [1.82, 2.24) is 9.97 Å². The third-order valence-electron chi connectivity index (χ3n) is 2.01. The number of aromatic amines is 1. The van der Waals surface area contributed by atoms with Gasteiger partial charge in [-0.15, -0.1) is 0 Å². The van der Waals surface area contributed by atoms with E-state index in [4.69, 9.17) is 11.6 Å². The molecule has 0 aliphatic heterocycles. The second-order valence-electron chi connectivity index (χ2n) is 3.26. The Morgan fingerprint density at radius 1 is 1.29 bits per heavy atom. The van der Waals surface area contributed by atoms with Crippen LogP contribution in [0, 0.1) is 0 Å². The van der Waals surface area contributed by atoms with E-state index in [0.717, 1.165) is 6.07 Å². The maximum absolute atomic E-state index is 11.7. The predicted octanol–water partition coefficient (Wildman–Crippen LogP) is 1.68. The van der Waals surface area contributed by atoms with Gasteiger partial charge in [-0.05, 0) is 24.3 Å². The van der Waals surface area contributed by atoms with Crippen molar-refractivity contribution in [3.05, 3.63) is 57.7 Å². The molecule has 5 nitrogen and oxygen atoms in total. The van der Waals surface area contributed by atoms with Gasteiger partial charge in [0.2, 0.25) is 0 Å². The van der Waals surface area contributed by atoms with Gasteiger partial charge in [-0.2, -0.15) is 0 Å². The van der Waals surface area contributed by atoms with Crippen molar-refractivity contribution in [2.45, 2.75) is 0 Å². The molecule has 86 valence electrons. The molecule has 6 heteroatoms. The summed E-state index contributed by atoms with van der Waals surface area (Å²) in [5.74, 6) is -0.446. The first kappa shape index (κ1) is 11.3. The third kappa shape index (κ3) is 2.92. The van der Waals surface area contributed by atoms with E-state index in [1.165, 1.54) is 6.33 Å². The number of hydrogen-bond acceptors (Lipinski definition) is 3. The standard InChI is InChI=1S/C11H8ClN3O2/c12-7-1-3-8(4-2-7)15-11(17)9-5-10(16)14-6-13-9/h1-6H,(H,15,17)(H,13,14,16). The maximum atomic E-state index is 11.7. The van der Waals surface area contributed by atoms with Gasteiger partial charge in [0.1, 0.15) is 5.69 Å². The number of amides is 1. The molecule has 0 bridgehead atoms. The Bertz CT molecular complexity index is 592. The largest absolute Gasteiger partial charge is 0.321 e. The Labute approximate surface area is 101 Å². The van der Waals surface area contributed by atoms with Gasteiger partial charge in [0.25, 0.3) is 11.5 Å². The van der Waals surface area contributed by atoms with E-state index < -0.39 is 5.91 Å². The summed E-state index contributed by atoms with van der Waals surface area (Å²) in [7, 11) is 0. The average molecular weight is 250 g/mol. The zero-order valence-electron chi connectivity index (χ0n) is 8.61. The van der Waals surface area contributed by atoms with Crippen molar-refractivity contribution < 1.29 is 4.79 Å². The number of rotatable bonds is 2. The first-order chi connectivity index (χ1) is 8.15. The minimum Gasteiger partial charge on any atom is -0.321 e. The highest BCUT2D eigenvalue weighted by molar-refractivity contribution is 6.30. The maximum Gasteiger partial charge on any atom is 0.274 e. The quantitative estimate of drug-likeness (QED) is 0.850. The first-order valence-corrected chi connectivity index (χ1v) is 5.14. The molecule has 0 spiro atoms. The fourth-order valence-corrected chi connectivity index (χ4v) is 1.35. The Morgan fingerprint density at radius 2 is 2.00 bits per heavy atom. The number of anilines is 1. The molecule has 2 N–H and O–H groups in total. The molecule has 1 heterocycles. The molecule has 17 heavy (non-hydrogen) atoms. The molecular formula is C11H8ClN3O2. The van der Waals surface area contributed by atoms with Crippen LogP contribution in [0.1, 0.15) is 10.5 Å². The molecule has 1 aromatic carbocycles. The zero-order chi connectivity index (χ0) is 12.3. The van der Waals surface area contributed by atoms with Gasteiger partial charge < -0.3 is 10.3 Å². The van der Waals surface area contributed by atoms with Gasteiger partial charge in [-0.3, -0.25) is 9.59 Å². The van der Waals surface area contributed by atoms with Gasteiger partial charge in [0.05, 0.1) is 6.33 Å². The van der Waals surface area contributed by atoms with E-state index in [1.54, 1.807) is 24.3 Å². The number of halogens is 1. The van der Waals surface area contributed by atoms with Crippen LogP contribution in [-0.2, 0) is 0 Å². The van der Waals surface area contributed by atoms with Gasteiger partial charge in [-0.25, -0.2) is 4.98 Å². The smallest absolute Gasteiger partial charge is 0.274 e. The number of benzene rings is 1. The highest BCUT2D eigenvalue weighted by Gasteiger charge is 2.07. The molecule has 0 aliphatic carbocycles. The summed E-state index contributed by atoms with van der Waals surface area (Å²) < 4.78 is 0. The van der Waals surface area contributed by atoms with Crippen LogP contribution in [0.4, 0.5) is 5.69 Å². The lowest BCUT2D eigenvalue weighted by atomic mass is 10.3. The van der Waals surface area contributed by atoms with Crippen LogP contribution >= 0.6 is 11.6 Å². The number of hydrogen-bond donors (Lipinski definition) is 2. The molecule has 0 unspecified atom stereocenters. The van der Waals surface area contributed by atoms with Crippen molar-refractivity contribution in [3.63, 3.8) is 0 Å². The molecule has 1 amide bonds. The second-order valence-corrected chi connectivity index (χ2v) is 3.69. The molecule has 2 aromatic rings. The lowest BCUT2D eigenvalue weighted by Crippen LogP contribution is -2.17. The molecule has 0 saturated carbocycles. The Balaban J connectivity index is 2.17. The van der Waals surface area contributed by atoms with Gasteiger partial charge in [0, 0.05) is 16.8 Å². The van der Waals surface area contributed by atoms with E-state index >= 15 is 0 Å². The van der Waals surface area contributed by atoms with E-state index in [0.29, 0.717) is 10.7 Å². The molecule has 0 aliphatic rings. The van der Waals surface area contributed by atoms with Crippen LogP contribution in [0.15, 0.2) is 41.5 Å². The molecule has 0 radical (unpaired) electrons. The number of carbonyl (C=O) groups excluding carboxylic acids is 1. The molecule has 0 fully saturated rings. The normalized spacial score (nSPS) is 9.94. The number of aromatic nitrogens is 2. The van der Waals surface area contributed by atoms with Crippen LogP contribution < -0.4 is 10.9 Å². The number of nitrogens with zero attached hydrogens (tertiary/aromatic N) is 1.